The summed E-state index contributed by atoms with van der Waals surface area (Å²) in [5, 5.41) is 0. The van der Waals surface area contributed by atoms with Crippen LogP contribution < -0.4 is 9.64 Å². The predicted octanol–water partition coefficient (Wildman–Crippen LogP) is 2.80. The van der Waals surface area contributed by atoms with Gasteiger partial charge in [0.05, 0.1) is 17.9 Å². The van der Waals surface area contributed by atoms with Crippen LogP contribution in [0.2, 0.25) is 0 Å². The normalized spacial score (nSPS) is 15.3. The van der Waals surface area contributed by atoms with E-state index < -0.39 is 12.6 Å². The number of anilines is 1. The lowest BCUT2D eigenvalue weighted by Crippen LogP contribution is -2.43. The van der Waals surface area contributed by atoms with Crippen LogP contribution in [0.4, 0.5) is 5.69 Å². The SMILES string of the molecule is O=C(OCC(=O)N1c2ccccc2OC[C@@H]1c1ccccc1)c1cnccn1. The fourth-order valence-corrected chi connectivity index (χ4v) is 3.09. The largest absolute Gasteiger partial charge is 0.489 e. The summed E-state index contributed by atoms with van der Waals surface area (Å²) in [4.78, 5) is 34.5. The maximum atomic E-state index is 13.0. The first kappa shape index (κ1) is 17.7. The molecule has 0 radical (unpaired) electrons. The van der Waals surface area contributed by atoms with Crippen molar-refractivity contribution in [2.24, 2.45) is 0 Å². The summed E-state index contributed by atoms with van der Waals surface area (Å²) in [5.41, 5.74) is 1.63. The van der Waals surface area contributed by atoms with Gasteiger partial charge in [0.1, 0.15) is 12.4 Å². The monoisotopic (exact) mass is 375 g/mol. The quantitative estimate of drug-likeness (QED) is 0.652. The minimum absolute atomic E-state index is 0.0530. The Hall–Kier alpha value is -3.74. The maximum absolute atomic E-state index is 13.0. The molecular weight excluding hydrogens is 358 g/mol. The first-order valence-corrected chi connectivity index (χ1v) is 8.76. The van der Waals surface area contributed by atoms with Crippen molar-refractivity contribution in [2.75, 3.05) is 18.1 Å². The summed E-state index contributed by atoms with van der Waals surface area (Å²) in [6, 6.07) is 16.6. The first-order valence-electron chi connectivity index (χ1n) is 8.76. The van der Waals surface area contributed by atoms with Crippen LogP contribution in [0, 0.1) is 0 Å². The Morgan fingerprint density at radius 3 is 2.64 bits per heavy atom. The van der Waals surface area contributed by atoms with Gasteiger partial charge in [0, 0.05) is 12.4 Å². The molecule has 7 nitrogen and oxygen atoms in total. The minimum atomic E-state index is -0.695. The van der Waals surface area contributed by atoms with Gasteiger partial charge in [-0.05, 0) is 17.7 Å². The van der Waals surface area contributed by atoms with E-state index in [4.69, 9.17) is 9.47 Å². The van der Waals surface area contributed by atoms with Crippen molar-refractivity contribution in [3.05, 3.63) is 84.4 Å². The maximum Gasteiger partial charge on any atom is 0.359 e. The van der Waals surface area contributed by atoms with Crippen molar-refractivity contribution in [2.45, 2.75) is 6.04 Å². The molecule has 0 aliphatic carbocycles. The number of fused-ring (bicyclic) bond motifs is 1. The number of amides is 1. The van der Waals surface area contributed by atoms with Gasteiger partial charge in [0.2, 0.25) is 0 Å². The van der Waals surface area contributed by atoms with Crippen molar-refractivity contribution in [1.82, 2.24) is 9.97 Å². The fourth-order valence-electron chi connectivity index (χ4n) is 3.09. The van der Waals surface area contributed by atoms with Crippen LogP contribution in [-0.2, 0) is 9.53 Å². The highest BCUT2D eigenvalue weighted by atomic mass is 16.5. The smallest absolute Gasteiger partial charge is 0.359 e. The molecule has 0 spiro atoms. The molecular formula is C21H17N3O4. The number of benzene rings is 2. The average Bonchev–Trinajstić information content (AvgIpc) is 2.77. The number of ether oxygens (including phenoxy) is 2. The number of carbonyl (C=O) groups is 2. The number of hydrogen-bond acceptors (Lipinski definition) is 6. The van der Waals surface area contributed by atoms with Crippen molar-refractivity contribution < 1.29 is 19.1 Å². The van der Waals surface area contributed by atoms with Crippen LogP contribution in [0.25, 0.3) is 0 Å². The zero-order valence-corrected chi connectivity index (χ0v) is 14.9. The topological polar surface area (TPSA) is 81.6 Å². The van der Waals surface area contributed by atoms with E-state index in [-0.39, 0.29) is 17.6 Å². The van der Waals surface area contributed by atoms with Crippen LogP contribution in [-0.4, -0.2) is 35.1 Å². The number of carbonyl (C=O) groups excluding carboxylic acids is 2. The Kier molecular flexibility index (Phi) is 4.97. The number of hydrogen-bond donors (Lipinski definition) is 0. The van der Waals surface area contributed by atoms with Gasteiger partial charge in [-0.1, -0.05) is 42.5 Å². The third-order valence-electron chi connectivity index (χ3n) is 4.39. The van der Waals surface area contributed by atoms with Crippen LogP contribution in [0.15, 0.2) is 73.2 Å². The fraction of sp³-hybridized carbons (Fsp3) is 0.143. The molecule has 0 saturated carbocycles. The lowest BCUT2D eigenvalue weighted by Gasteiger charge is -2.37. The molecule has 2 heterocycles. The predicted molar refractivity (Wildman–Crippen MR) is 101 cm³/mol. The van der Waals surface area contributed by atoms with Crippen molar-refractivity contribution in [1.29, 1.82) is 0 Å². The molecule has 1 aliphatic heterocycles. The van der Waals surface area contributed by atoms with E-state index in [1.54, 1.807) is 4.90 Å². The third kappa shape index (κ3) is 3.55. The number of aromatic nitrogens is 2. The number of para-hydroxylation sites is 2. The highest BCUT2D eigenvalue weighted by Gasteiger charge is 2.33. The lowest BCUT2D eigenvalue weighted by atomic mass is 10.0. The molecule has 4 rings (SSSR count). The van der Waals surface area contributed by atoms with Crippen molar-refractivity contribution in [3.8, 4) is 5.75 Å². The second-order valence-electron chi connectivity index (χ2n) is 6.14. The highest BCUT2D eigenvalue weighted by molar-refractivity contribution is 5.98. The Labute approximate surface area is 161 Å². The second kappa shape index (κ2) is 7.87. The summed E-state index contributed by atoms with van der Waals surface area (Å²) in [6.45, 7) is -0.0993. The van der Waals surface area contributed by atoms with E-state index in [0.29, 0.717) is 18.0 Å². The summed E-state index contributed by atoms with van der Waals surface area (Å²) in [7, 11) is 0. The third-order valence-corrected chi connectivity index (χ3v) is 4.39. The molecule has 2 aromatic carbocycles. The van der Waals surface area contributed by atoms with Gasteiger partial charge in [-0.2, -0.15) is 0 Å². The van der Waals surface area contributed by atoms with Gasteiger partial charge in [0.15, 0.2) is 12.3 Å². The van der Waals surface area contributed by atoms with Gasteiger partial charge in [-0.25, -0.2) is 9.78 Å². The van der Waals surface area contributed by atoms with E-state index in [1.165, 1.54) is 18.6 Å². The Bertz CT molecular complexity index is 979. The second-order valence-corrected chi connectivity index (χ2v) is 6.14. The van der Waals surface area contributed by atoms with Crippen LogP contribution in [0.5, 0.6) is 5.75 Å². The average molecular weight is 375 g/mol. The molecule has 3 aromatic rings. The summed E-state index contributed by atoms with van der Waals surface area (Å²) in [6.07, 6.45) is 4.14. The molecule has 0 N–H and O–H groups in total. The Morgan fingerprint density at radius 1 is 1.07 bits per heavy atom. The van der Waals surface area contributed by atoms with Crippen molar-refractivity contribution >= 4 is 17.6 Å². The molecule has 1 atom stereocenters. The van der Waals surface area contributed by atoms with Crippen LogP contribution in [0.3, 0.4) is 0 Å². The highest BCUT2D eigenvalue weighted by Crippen LogP contribution is 2.39. The van der Waals surface area contributed by atoms with E-state index >= 15 is 0 Å². The van der Waals surface area contributed by atoms with E-state index in [2.05, 4.69) is 9.97 Å². The number of rotatable bonds is 4. The van der Waals surface area contributed by atoms with Gasteiger partial charge in [0.25, 0.3) is 5.91 Å². The number of nitrogens with zero attached hydrogens (tertiary/aromatic N) is 3. The van der Waals surface area contributed by atoms with Gasteiger partial charge >= 0.3 is 5.97 Å². The Balaban J connectivity index is 1.58. The van der Waals surface area contributed by atoms with Gasteiger partial charge in [-0.15, -0.1) is 0 Å². The molecule has 1 aliphatic rings. The summed E-state index contributed by atoms with van der Waals surface area (Å²) in [5.74, 6) is -0.426. The Morgan fingerprint density at radius 2 is 1.86 bits per heavy atom. The van der Waals surface area contributed by atoms with E-state index in [9.17, 15) is 9.59 Å². The zero-order valence-electron chi connectivity index (χ0n) is 14.9. The van der Waals surface area contributed by atoms with E-state index in [0.717, 1.165) is 5.56 Å². The zero-order chi connectivity index (χ0) is 19.3. The number of esters is 1. The molecule has 28 heavy (non-hydrogen) atoms. The molecule has 140 valence electrons. The molecule has 7 heteroatoms. The molecule has 1 aromatic heterocycles. The molecule has 0 unspecified atom stereocenters. The van der Waals surface area contributed by atoms with Crippen LogP contribution >= 0.6 is 0 Å². The van der Waals surface area contributed by atoms with Crippen LogP contribution in [0.1, 0.15) is 22.1 Å². The molecule has 0 bridgehead atoms. The molecule has 1 amide bonds. The molecule has 0 fully saturated rings. The van der Waals surface area contributed by atoms with Gasteiger partial charge < -0.3 is 9.47 Å². The first-order chi connectivity index (χ1) is 13.7. The minimum Gasteiger partial charge on any atom is -0.489 e. The van der Waals surface area contributed by atoms with E-state index in [1.807, 2.05) is 54.6 Å². The summed E-state index contributed by atoms with van der Waals surface area (Å²) < 4.78 is 11.0. The summed E-state index contributed by atoms with van der Waals surface area (Å²) >= 11 is 0. The van der Waals surface area contributed by atoms with Crippen molar-refractivity contribution in [3.63, 3.8) is 0 Å². The lowest BCUT2D eigenvalue weighted by molar-refractivity contribution is -0.122. The standard InChI is InChI=1S/C21H17N3O4/c25-20(14-28-21(26)16-12-22-10-11-23-16)24-17-8-4-5-9-19(17)27-13-18(24)15-6-2-1-3-7-15/h1-12,18H,13-14H2/t18-/m1/s1. The molecule has 0 saturated heterocycles. The van der Waals surface area contributed by atoms with Gasteiger partial charge in [-0.3, -0.25) is 14.7 Å².